The van der Waals surface area contributed by atoms with Gasteiger partial charge in [0.1, 0.15) is 0 Å². The van der Waals surface area contributed by atoms with Crippen LogP contribution in [0.1, 0.15) is 73.7 Å². The number of carbonyl (C=O) groups is 1. The van der Waals surface area contributed by atoms with Crippen molar-refractivity contribution in [3.63, 3.8) is 0 Å². The van der Waals surface area contributed by atoms with Gasteiger partial charge in [0.25, 0.3) is 5.95 Å². The minimum absolute atomic E-state index is 0.0570. The molecule has 2 aliphatic rings. The number of rotatable bonds is 7. The maximum atomic E-state index is 13.8. The summed E-state index contributed by atoms with van der Waals surface area (Å²) in [7, 11) is 1.52. The van der Waals surface area contributed by atoms with Gasteiger partial charge in [0.2, 0.25) is 0 Å². The fraction of sp³-hybridized carbons (Fsp3) is 0.375. The van der Waals surface area contributed by atoms with Crippen LogP contribution in [0.4, 0.5) is 38.0 Å². The van der Waals surface area contributed by atoms with Crippen LogP contribution >= 0.6 is 0 Å². The summed E-state index contributed by atoms with van der Waals surface area (Å²) < 4.78 is 88.5. The Kier molecular flexibility index (Phi) is 8.36. The number of aromatic carboxylic acids is 1. The van der Waals surface area contributed by atoms with E-state index in [-0.39, 0.29) is 29.7 Å². The summed E-state index contributed by atoms with van der Waals surface area (Å²) in [6, 6.07) is 9.58. The van der Waals surface area contributed by atoms with Crippen LogP contribution in [0.15, 0.2) is 48.5 Å². The number of carboxylic acids is 1. The Bertz CT molecular complexity index is 1770. The Labute approximate surface area is 265 Å². The molecule has 15 heteroatoms. The zero-order chi connectivity index (χ0) is 33.7. The van der Waals surface area contributed by atoms with Crippen molar-refractivity contribution in [2.75, 3.05) is 16.3 Å². The molecule has 0 fully saturated rings. The van der Waals surface area contributed by atoms with Gasteiger partial charge >= 0.3 is 18.3 Å². The van der Waals surface area contributed by atoms with Crippen LogP contribution in [-0.2, 0) is 50.4 Å². The Balaban J connectivity index is 1.47. The van der Waals surface area contributed by atoms with Crippen molar-refractivity contribution in [2.24, 2.45) is 7.05 Å². The molecule has 0 radical (unpaired) electrons. The van der Waals surface area contributed by atoms with E-state index in [1.54, 1.807) is 17.0 Å². The number of halogens is 6. The number of hydrogen-bond acceptors (Lipinski definition) is 7. The molecule has 248 valence electrons. The van der Waals surface area contributed by atoms with Crippen molar-refractivity contribution < 1.29 is 41.0 Å². The minimum Gasteiger partial charge on any atom is -0.478 e. The second kappa shape index (κ2) is 12.2. The Morgan fingerprint density at radius 1 is 1.00 bits per heavy atom. The van der Waals surface area contributed by atoms with Gasteiger partial charge in [-0.15, -0.1) is 5.10 Å². The Morgan fingerprint density at radius 3 is 2.28 bits per heavy atom. The van der Waals surface area contributed by atoms with Crippen molar-refractivity contribution >= 4 is 17.6 Å². The van der Waals surface area contributed by atoms with E-state index in [1.807, 2.05) is 13.0 Å². The lowest BCUT2D eigenvalue weighted by Gasteiger charge is -2.34. The van der Waals surface area contributed by atoms with E-state index in [1.165, 1.54) is 24.0 Å². The third-order valence-electron chi connectivity index (χ3n) is 8.59. The predicted octanol–water partition coefficient (Wildman–Crippen LogP) is 6.83. The number of anilines is 2. The van der Waals surface area contributed by atoms with Gasteiger partial charge in [0, 0.05) is 25.3 Å². The topological polar surface area (TPSA) is 96.6 Å². The number of fused-ring (bicyclic) bond motifs is 2. The first-order chi connectivity index (χ1) is 22.2. The average Bonchev–Trinajstić information content (AvgIpc) is 3.62. The smallest absolute Gasteiger partial charge is 0.416 e. The highest BCUT2D eigenvalue weighted by atomic mass is 19.4. The van der Waals surface area contributed by atoms with Gasteiger partial charge in [0.05, 0.1) is 43.0 Å². The van der Waals surface area contributed by atoms with Gasteiger partial charge in [-0.1, -0.05) is 17.2 Å². The van der Waals surface area contributed by atoms with Crippen LogP contribution < -0.4 is 9.80 Å². The lowest BCUT2D eigenvalue weighted by molar-refractivity contribution is -0.143. The molecule has 2 aliphatic heterocycles. The van der Waals surface area contributed by atoms with E-state index in [0.29, 0.717) is 39.1 Å². The predicted molar refractivity (Wildman–Crippen MR) is 158 cm³/mol. The standard InChI is InChI=1S/C32H30F6N6O3/c1-18-26-17-47-16-22(26)12-25-27(4-3-9-43(28(18)25)14-19-5-7-21(8-6-19)29(45)46)44(30-39-41-42(2)40-30)15-20-10-23(31(33,34)35)13-24(11-20)32(36,37)38/h5-8,10-13,27H,3-4,9,14-17H2,1-2H3,(H,45,46). The molecule has 1 atom stereocenters. The average molecular weight is 661 g/mol. The van der Waals surface area contributed by atoms with Gasteiger partial charge in [-0.2, -0.15) is 31.1 Å². The molecular weight excluding hydrogens is 630 g/mol. The van der Waals surface area contributed by atoms with Gasteiger partial charge in [-0.05, 0) is 94.8 Å². The highest BCUT2D eigenvalue weighted by Crippen LogP contribution is 2.45. The molecule has 3 aromatic carbocycles. The molecule has 1 unspecified atom stereocenters. The summed E-state index contributed by atoms with van der Waals surface area (Å²) in [5.41, 5.74) is 2.62. The maximum Gasteiger partial charge on any atom is 0.416 e. The molecule has 6 rings (SSSR count). The number of carboxylic acid groups (broad SMARTS) is 1. The zero-order valence-corrected chi connectivity index (χ0v) is 25.4. The molecule has 0 aliphatic carbocycles. The van der Waals surface area contributed by atoms with E-state index in [4.69, 9.17) is 4.74 Å². The lowest BCUT2D eigenvalue weighted by atomic mass is 9.91. The molecule has 1 aromatic heterocycles. The van der Waals surface area contributed by atoms with Crippen molar-refractivity contribution in [2.45, 2.75) is 64.5 Å². The number of benzene rings is 3. The van der Waals surface area contributed by atoms with E-state index in [9.17, 15) is 36.2 Å². The molecule has 0 saturated carbocycles. The number of aromatic nitrogens is 4. The van der Waals surface area contributed by atoms with Crippen LogP contribution in [0.25, 0.3) is 0 Å². The molecule has 3 heterocycles. The fourth-order valence-corrected chi connectivity index (χ4v) is 6.42. The highest BCUT2D eigenvalue weighted by Gasteiger charge is 2.38. The van der Waals surface area contributed by atoms with Crippen molar-refractivity contribution in [3.8, 4) is 0 Å². The quantitative estimate of drug-likeness (QED) is 0.216. The molecule has 1 N–H and O–H groups in total. The summed E-state index contributed by atoms with van der Waals surface area (Å²) in [6.45, 7) is 3.40. The van der Waals surface area contributed by atoms with Crippen LogP contribution in [0.2, 0.25) is 0 Å². The summed E-state index contributed by atoms with van der Waals surface area (Å²) in [5.74, 6) is -0.978. The van der Waals surface area contributed by atoms with E-state index in [0.717, 1.165) is 45.6 Å². The maximum absolute atomic E-state index is 13.8. The fourth-order valence-electron chi connectivity index (χ4n) is 6.42. The number of aryl methyl sites for hydroxylation is 1. The van der Waals surface area contributed by atoms with E-state index >= 15 is 0 Å². The van der Waals surface area contributed by atoms with E-state index in [2.05, 4.69) is 20.3 Å². The number of tetrazole rings is 1. The molecule has 0 bridgehead atoms. The number of hydrogen-bond donors (Lipinski definition) is 1. The van der Waals surface area contributed by atoms with Gasteiger partial charge in [0.15, 0.2) is 0 Å². The van der Waals surface area contributed by atoms with Crippen molar-refractivity contribution in [1.29, 1.82) is 0 Å². The summed E-state index contributed by atoms with van der Waals surface area (Å²) in [5, 5.41) is 21.7. The first kappa shape index (κ1) is 32.3. The number of nitrogens with zero attached hydrogens (tertiary/aromatic N) is 6. The summed E-state index contributed by atoms with van der Waals surface area (Å²) >= 11 is 0. The van der Waals surface area contributed by atoms with Crippen LogP contribution in [0.5, 0.6) is 0 Å². The molecule has 0 amide bonds. The first-order valence-corrected chi connectivity index (χ1v) is 14.8. The first-order valence-electron chi connectivity index (χ1n) is 14.8. The normalized spacial score (nSPS) is 16.5. The minimum atomic E-state index is -5.00. The third kappa shape index (κ3) is 6.62. The summed E-state index contributed by atoms with van der Waals surface area (Å²) in [6.07, 6.45) is -8.91. The van der Waals surface area contributed by atoms with Gasteiger partial charge < -0.3 is 19.6 Å². The number of alkyl halides is 6. The Morgan fingerprint density at radius 2 is 1.68 bits per heavy atom. The lowest BCUT2D eigenvalue weighted by Crippen LogP contribution is -2.30. The van der Waals surface area contributed by atoms with E-state index < -0.39 is 35.5 Å². The summed E-state index contributed by atoms with van der Waals surface area (Å²) in [4.78, 5) is 16.4. The SMILES string of the molecule is Cc1c2c(cc3c1N(Cc1ccc(C(=O)O)cc1)CCCC3N(Cc1cc(C(F)(F)F)cc(C(F)(F)F)c1)c1nnn(C)n1)COC2. The molecule has 0 saturated heterocycles. The van der Waals surface area contributed by atoms with Crippen LogP contribution in [-0.4, -0.2) is 37.8 Å². The molecule has 9 nitrogen and oxygen atoms in total. The molecule has 47 heavy (non-hydrogen) atoms. The Hall–Kier alpha value is -4.66. The molecule has 0 spiro atoms. The van der Waals surface area contributed by atoms with Crippen molar-refractivity contribution in [3.05, 3.63) is 98.6 Å². The third-order valence-corrected chi connectivity index (χ3v) is 8.59. The highest BCUT2D eigenvalue weighted by molar-refractivity contribution is 5.87. The monoisotopic (exact) mass is 660 g/mol. The van der Waals surface area contributed by atoms with Gasteiger partial charge in [-0.3, -0.25) is 0 Å². The zero-order valence-electron chi connectivity index (χ0n) is 25.4. The second-order valence-electron chi connectivity index (χ2n) is 11.8. The van der Waals surface area contributed by atoms with Crippen molar-refractivity contribution in [1.82, 2.24) is 20.2 Å². The number of ether oxygens (including phenoxy) is 1. The largest absolute Gasteiger partial charge is 0.478 e. The second-order valence-corrected chi connectivity index (χ2v) is 11.8. The van der Waals surface area contributed by atoms with Crippen LogP contribution in [0.3, 0.4) is 0 Å². The van der Waals surface area contributed by atoms with Gasteiger partial charge in [-0.25, -0.2) is 4.79 Å². The van der Waals surface area contributed by atoms with Crippen LogP contribution in [0, 0.1) is 6.92 Å². The molecular formula is C32H30F6N6O3. The molecule has 4 aromatic rings.